The third-order valence-electron chi connectivity index (χ3n) is 3.96. The lowest BCUT2D eigenvalue weighted by molar-refractivity contribution is 0.480. The molecule has 1 aromatic heterocycles. The average Bonchev–Trinajstić information content (AvgIpc) is 2.71. The molecule has 2 rings (SSSR count). The number of nitrogens with one attached hydrogen (secondary N) is 1. The Hall–Kier alpha value is -1.25. The maximum absolute atomic E-state index is 5.97. The van der Waals surface area contributed by atoms with E-state index in [4.69, 9.17) is 16.0 Å². The zero-order chi connectivity index (χ0) is 15.4. The minimum absolute atomic E-state index is 0.281. The first-order valence-corrected chi connectivity index (χ1v) is 7.95. The molecule has 0 aliphatic carbocycles. The molecule has 0 fully saturated rings. The maximum Gasteiger partial charge on any atom is 0.106 e. The first-order chi connectivity index (χ1) is 10.0. The maximum atomic E-state index is 5.97. The van der Waals surface area contributed by atoms with Crippen LogP contribution in [0, 0.1) is 20.8 Å². The molecule has 0 saturated carbocycles. The van der Waals surface area contributed by atoms with Crippen molar-refractivity contribution in [3.05, 3.63) is 57.5 Å². The highest BCUT2D eigenvalue weighted by atomic mass is 35.5. The van der Waals surface area contributed by atoms with Crippen molar-refractivity contribution in [2.45, 2.75) is 46.6 Å². The van der Waals surface area contributed by atoms with E-state index in [1.807, 2.05) is 19.1 Å². The van der Waals surface area contributed by atoms with Crippen molar-refractivity contribution in [3.8, 4) is 0 Å². The fraction of sp³-hybridized carbons (Fsp3) is 0.444. The predicted molar refractivity (Wildman–Crippen MR) is 89.1 cm³/mol. The molecule has 0 saturated heterocycles. The van der Waals surface area contributed by atoms with Crippen LogP contribution in [0.15, 0.2) is 28.7 Å². The quantitative estimate of drug-likeness (QED) is 0.799. The molecular formula is C18H24ClNO. The Balaban J connectivity index is 2.27. The second kappa shape index (κ2) is 7.15. The van der Waals surface area contributed by atoms with Crippen LogP contribution in [0.25, 0.3) is 0 Å². The smallest absolute Gasteiger partial charge is 0.106 e. The highest BCUT2D eigenvalue weighted by Gasteiger charge is 2.20. The molecule has 1 unspecified atom stereocenters. The van der Waals surface area contributed by atoms with E-state index in [1.54, 1.807) is 0 Å². The molecule has 0 radical (unpaired) electrons. The molecule has 0 bridgehead atoms. The van der Waals surface area contributed by atoms with Gasteiger partial charge in [-0.15, -0.1) is 0 Å². The Labute approximate surface area is 132 Å². The second-order valence-electron chi connectivity index (χ2n) is 5.59. The summed E-state index contributed by atoms with van der Waals surface area (Å²) in [4.78, 5) is 0. The third kappa shape index (κ3) is 3.90. The molecule has 3 heteroatoms. The van der Waals surface area contributed by atoms with Crippen LogP contribution in [0.2, 0.25) is 5.02 Å². The SMILES string of the molecule is CCCNC(Cc1ccc(Cl)cc1)c1c(C)oc(C)c1C. The monoisotopic (exact) mass is 305 g/mol. The van der Waals surface area contributed by atoms with Crippen LogP contribution >= 0.6 is 11.6 Å². The molecule has 1 N–H and O–H groups in total. The summed E-state index contributed by atoms with van der Waals surface area (Å²) >= 11 is 5.97. The van der Waals surface area contributed by atoms with E-state index in [9.17, 15) is 0 Å². The van der Waals surface area contributed by atoms with Crippen molar-refractivity contribution < 1.29 is 4.42 Å². The summed E-state index contributed by atoms with van der Waals surface area (Å²) in [6.45, 7) is 9.42. The molecule has 2 nitrogen and oxygen atoms in total. The largest absolute Gasteiger partial charge is 0.466 e. The van der Waals surface area contributed by atoms with Gasteiger partial charge in [-0.25, -0.2) is 0 Å². The van der Waals surface area contributed by atoms with Crippen molar-refractivity contribution in [3.63, 3.8) is 0 Å². The van der Waals surface area contributed by atoms with Gasteiger partial charge in [0, 0.05) is 16.6 Å². The molecule has 0 spiro atoms. The molecule has 21 heavy (non-hydrogen) atoms. The van der Waals surface area contributed by atoms with Crippen LogP contribution in [0.4, 0.5) is 0 Å². The van der Waals surface area contributed by atoms with E-state index in [0.29, 0.717) is 0 Å². The first kappa shape index (κ1) is 16.1. The van der Waals surface area contributed by atoms with Gasteiger partial charge in [-0.05, 0) is 63.4 Å². The number of aryl methyl sites for hydroxylation is 2. The average molecular weight is 306 g/mol. The molecule has 114 valence electrons. The van der Waals surface area contributed by atoms with Crippen molar-refractivity contribution in [2.24, 2.45) is 0 Å². The van der Waals surface area contributed by atoms with Crippen molar-refractivity contribution in [1.29, 1.82) is 0 Å². The Bertz CT molecular complexity index is 586. The normalized spacial score (nSPS) is 12.6. The number of furan rings is 1. The van der Waals surface area contributed by atoms with E-state index in [1.165, 1.54) is 16.7 Å². The predicted octanol–water partition coefficient (Wildman–Crippen LogP) is 5.14. The molecule has 2 aromatic rings. The van der Waals surface area contributed by atoms with Gasteiger partial charge in [0.05, 0.1) is 0 Å². The van der Waals surface area contributed by atoms with Crippen molar-refractivity contribution >= 4 is 11.6 Å². The molecule has 1 atom stereocenters. The van der Waals surface area contributed by atoms with E-state index in [-0.39, 0.29) is 6.04 Å². The number of halogens is 1. The fourth-order valence-corrected chi connectivity index (χ4v) is 2.90. The topological polar surface area (TPSA) is 25.2 Å². The summed E-state index contributed by atoms with van der Waals surface area (Å²) in [5.74, 6) is 2.04. The number of hydrogen-bond donors (Lipinski definition) is 1. The molecule has 1 aromatic carbocycles. The van der Waals surface area contributed by atoms with Gasteiger partial charge in [0.1, 0.15) is 11.5 Å². The van der Waals surface area contributed by atoms with Gasteiger partial charge < -0.3 is 9.73 Å². The first-order valence-electron chi connectivity index (χ1n) is 7.57. The number of rotatable bonds is 6. The van der Waals surface area contributed by atoms with Crippen LogP contribution < -0.4 is 5.32 Å². The van der Waals surface area contributed by atoms with Gasteiger partial charge in [-0.1, -0.05) is 30.7 Å². The zero-order valence-corrected chi connectivity index (χ0v) is 14.1. The number of hydrogen-bond acceptors (Lipinski definition) is 2. The molecule has 0 aliphatic heterocycles. The van der Waals surface area contributed by atoms with Crippen LogP contribution in [0.3, 0.4) is 0 Å². The molecular weight excluding hydrogens is 282 g/mol. The third-order valence-corrected chi connectivity index (χ3v) is 4.21. The fourth-order valence-electron chi connectivity index (χ4n) is 2.77. The van der Waals surface area contributed by atoms with Gasteiger partial charge in [0.15, 0.2) is 0 Å². The summed E-state index contributed by atoms with van der Waals surface area (Å²) in [5, 5.41) is 4.43. The lowest BCUT2D eigenvalue weighted by atomic mass is 9.95. The lowest BCUT2D eigenvalue weighted by Gasteiger charge is -2.19. The van der Waals surface area contributed by atoms with E-state index in [0.717, 1.165) is 35.9 Å². The Morgan fingerprint density at radius 1 is 1.10 bits per heavy atom. The zero-order valence-electron chi connectivity index (χ0n) is 13.3. The van der Waals surface area contributed by atoms with Gasteiger partial charge in [-0.2, -0.15) is 0 Å². The van der Waals surface area contributed by atoms with Gasteiger partial charge in [0.2, 0.25) is 0 Å². The lowest BCUT2D eigenvalue weighted by Crippen LogP contribution is -2.25. The summed E-state index contributed by atoms with van der Waals surface area (Å²) in [7, 11) is 0. The van der Waals surface area contributed by atoms with Crippen LogP contribution in [-0.2, 0) is 6.42 Å². The summed E-state index contributed by atoms with van der Waals surface area (Å²) in [6.07, 6.45) is 2.06. The molecule has 1 heterocycles. The van der Waals surface area contributed by atoms with E-state index in [2.05, 4.69) is 38.2 Å². The Morgan fingerprint density at radius 3 is 2.29 bits per heavy atom. The molecule has 0 aliphatic rings. The van der Waals surface area contributed by atoms with Crippen molar-refractivity contribution in [2.75, 3.05) is 6.54 Å². The van der Waals surface area contributed by atoms with E-state index < -0.39 is 0 Å². The van der Waals surface area contributed by atoms with Gasteiger partial charge >= 0.3 is 0 Å². The second-order valence-corrected chi connectivity index (χ2v) is 6.03. The van der Waals surface area contributed by atoms with Crippen molar-refractivity contribution in [1.82, 2.24) is 5.32 Å². The van der Waals surface area contributed by atoms with Gasteiger partial charge in [-0.3, -0.25) is 0 Å². The van der Waals surface area contributed by atoms with Crippen LogP contribution in [0.5, 0.6) is 0 Å². The van der Waals surface area contributed by atoms with E-state index >= 15 is 0 Å². The Morgan fingerprint density at radius 2 is 1.76 bits per heavy atom. The Kier molecular flexibility index (Phi) is 5.49. The summed E-state index contributed by atoms with van der Waals surface area (Å²) in [5.41, 5.74) is 3.84. The van der Waals surface area contributed by atoms with Gasteiger partial charge in [0.25, 0.3) is 0 Å². The number of benzene rings is 1. The molecule has 0 amide bonds. The van der Waals surface area contributed by atoms with Crippen LogP contribution in [0.1, 0.15) is 47.6 Å². The minimum atomic E-state index is 0.281. The summed E-state index contributed by atoms with van der Waals surface area (Å²) < 4.78 is 5.80. The standard InChI is InChI=1S/C18H24ClNO/c1-5-10-20-17(11-15-6-8-16(19)9-7-15)18-12(2)13(3)21-14(18)4/h6-9,17,20H,5,10-11H2,1-4H3. The summed E-state index contributed by atoms with van der Waals surface area (Å²) in [6, 6.07) is 8.38. The highest BCUT2D eigenvalue weighted by Crippen LogP contribution is 2.29. The minimum Gasteiger partial charge on any atom is -0.466 e. The van der Waals surface area contributed by atoms with Crippen LogP contribution in [-0.4, -0.2) is 6.54 Å². The highest BCUT2D eigenvalue weighted by molar-refractivity contribution is 6.30.